The third-order valence-electron chi connectivity index (χ3n) is 2.21. The first-order valence-corrected chi connectivity index (χ1v) is 6.41. The molecule has 0 radical (unpaired) electrons. The Kier molecular flexibility index (Phi) is 4.20. The molecule has 2 aromatic rings. The number of hydrogen-bond acceptors (Lipinski definition) is 6. The van der Waals surface area contributed by atoms with Crippen LogP contribution in [0.1, 0.15) is 5.89 Å². The largest absolute Gasteiger partial charge is 0.496 e. The summed E-state index contributed by atoms with van der Waals surface area (Å²) in [6.07, 6.45) is 0. The van der Waals surface area contributed by atoms with Gasteiger partial charge in [-0.15, -0.1) is 11.8 Å². The van der Waals surface area contributed by atoms with Gasteiger partial charge in [0.1, 0.15) is 5.75 Å². The Hall–Kier alpha value is -2.00. The van der Waals surface area contributed by atoms with Crippen molar-refractivity contribution in [3.05, 3.63) is 30.2 Å². The Bertz CT molecular complexity index is 562. The number of para-hydroxylation sites is 1. The molecule has 1 heterocycles. The van der Waals surface area contributed by atoms with Crippen molar-refractivity contribution in [3.8, 4) is 23.2 Å². The fourth-order valence-electron chi connectivity index (χ4n) is 1.44. The summed E-state index contributed by atoms with van der Waals surface area (Å²) in [4.78, 5) is 4.27. The van der Waals surface area contributed by atoms with E-state index in [2.05, 4.69) is 10.1 Å². The van der Waals surface area contributed by atoms with Crippen LogP contribution in [0, 0.1) is 11.3 Å². The Morgan fingerprint density at radius 2 is 2.28 bits per heavy atom. The number of nitriles is 1. The molecule has 0 bridgehead atoms. The highest BCUT2D eigenvalue weighted by Crippen LogP contribution is 2.27. The second-order valence-corrected chi connectivity index (χ2v) is 4.35. The van der Waals surface area contributed by atoms with Crippen LogP contribution in [0.25, 0.3) is 11.4 Å². The van der Waals surface area contributed by atoms with Crippen LogP contribution in [0.3, 0.4) is 0 Å². The fourth-order valence-corrected chi connectivity index (χ4v) is 1.92. The van der Waals surface area contributed by atoms with Crippen molar-refractivity contribution < 1.29 is 9.26 Å². The lowest BCUT2D eigenvalue weighted by Crippen LogP contribution is -1.89. The maximum atomic E-state index is 8.44. The number of methoxy groups -OCH3 is 1. The van der Waals surface area contributed by atoms with Gasteiger partial charge in [0.2, 0.25) is 11.7 Å². The third kappa shape index (κ3) is 2.81. The molecule has 0 fully saturated rings. The van der Waals surface area contributed by atoms with Crippen molar-refractivity contribution in [2.75, 3.05) is 12.9 Å². The summed E-state index contributed by atoms with van der Waals surface area (Å²) in [5, 5.41) is 12.4. The van der Waals surface area contributed by atoms with E-state index in [9.17, 15) is 0 Å². The molecular formula is C12H11N3O2S. The van der Waals surface area contributed by atoms with Gasteiger partial charge in [-0.2, -0.15) is 10.2 Å². The lowest BCUT2D eigenvalue weighted by Gasteiger charge is -2.02. The highest BCUT2D eigenvalue weighted by molar-refractivity contribution is 7.98. The summed E-state index contributed by atoms with van der Waals surface area (Å²) in [6.45, 7) is 0. The first kappa shape index (κ1) is 12.5. The van der Waals surface area contributed by atoms with Gasteiger partial charge in [0.15, 0.2) is 0 Å². The van der Waals surface area contributed by atoms with Crippen molar-refractivity contribution >= 4 is 11.8 Å². The standard InChI is InChI=1S/C12H11N3O2S/c1-16-10-5-3-2-4-9(10)12-14-11(17-15-12)8-18-7-6-13/h2-5H,7-8H2,1H3. The van der Waals surface area contributed by atoms with E-state index in [-0.39, 0.29) is 0 Å². The number of thioether (sulfide) groups is 1. The quantitative estimate of drug-likeness (QED) is 0.770. The van der Waals surface area contributed by atoms with Crippen molar-refractivity contribution in [1.82, 2.24) is 10.1 Å². The topological polar surface area (TPSA) is 71.9 Å². The number of ether oxygens (including phenoxy) is 1. The SMILES string of the molecule is COc1ccccc1-c1noc(CSCC#N)n1. The molecule has 0 aliphatic carbocycles. The summed E-state index contributed by atoms with van der Waals surface area (Å²) in [6, 6.07) is 9.53. The molecule has 0 atom stereocenters. The second-order valence-electron chi connectivity index (χ2n) is 3.36. The average Bonchev–Trinajstić information content (AvgIpc) is 2.88. The van der Waals surface area contributed by atoms with E-state index in [1.54, 1.807) is 7.11 Å². The minimum absolute atomic E-state index is 0.409. The molecule has 0 spiro atoms. The van der Waals surface area contributed by atoms with Gasteiger partial charge in [0.05, 0.1) is 30.2 Å². The molecule has 5 nitrogen and oxygen atoms in total. The van der Waals surface area contributed by atoms with E-state index in [1.165, 1.54) is 11.8 Å². The molecule has 6 heteroatoms. The molecule has 0 amide bonds. The summed E-state index contributed by atoms with van der Waals surface area (Å²) in [5.74, 6) is 2.66. The highest BCUT2D eigenvalue weighted by Gasteiger charge is 2.12. The van der Waals surface area contributed by atoms with Crippen LogP contribution < -0.4 is 4.74 Å². The van der Waals surface area contributed by atoms with E-state index in [0.29, 0.717) is 29.0 Å². The number of hydrogen-bond donors (Lipinski definition) is 0. The third-order valence-corrected chi connectivity index (χ3v) is 2.99. The van der Waals surface area contributed by atoms with E-state index in [0.717, 1.165) is 5.56 Å². The normalized spacial score (nSPS) is 10.0. The molecule has 0 aliphatic rings. The molecule has 1 aromatic carbocycles. The second kappa shape index (κ2) is 6.07. The molecular weight excluding hydrogens is 250 g/mol. The van der Waals surface area contributed by atoms with Crippen LogP contribution >= 0.6 is 11.8 Å². The van der Waals surface area contributed by atoms with Gasteiger partial charge < -0.3 is 9.26 Å². The van der Waals surface area contributed by atoms with Gasteiger partial charge in [0, 0.05) is 0 Å². The fraction of sp³-hybridized carbons (Fsp3) is 0.250. The van der Waals surface area contributed by atoms with Gasteiger partial charge in [-0.3, -0.25) is 0 Å². The van der Waals surface area contributed by atoms with E-state index < -0.39 is 0 Å². The number of benzene rings is 1. The highest BCUT2D eigenvalue weighted by atomic mass is 32.2. The lowest BCUT2D eigenvalue weighted by molar-refractivity contribution is 0.390. The molecule has 0 saturated heterocycles. The average molecular weight is 261 g/mol. The number of aromatic nitrogens is 2. The predicted octanol–water partition coefficient (Wildman–Crippen LogP) is 2.50. The number of rotatable bonds is 5. The molecule has 0 unspecified atom stereocenters. The Labute approximate surface area is 109 Å². The first-order valence-electron chi connectivity index (χ1n) is 5.26. The zero-order valence-corrected chi connectivity index (χ0v) is 10.6. The molecule has 2 rings (SSSR count). The van der Waals surface area contributed by atoms with Crippen LogP contribution in [-0.2, 0) is 5.75 Å². The number of nitrogens with zero attached hydrogens (tertiary/aromatic N) is 3. The summed E-state index contributed by atoms with van der Waals surface area (Å²) < 4.78 is 10.4. The van der Waals surface area contributed by atoms with Gasteiger partial charge in [0.25, 0.3) is 0 Å². The zero-order valence-electron chi connectivity index (χ0n) is 9.79. The maximum absolute atomic E-state index is 8.44. The Balaban J connectivity index is 2.16. The van der Waals surface area contributed by atoms with Crippen LogP contribution in [0.4, 0.5) is 0 Å². The molecule has 0 aliphatic heterocycles. The van der Waals surface area contributed by atoms with Crippen LogP contribution in [0.15, 0.2) is 28.8 Å². The Morgan fingerprint density at radius 3 is 3.06 bits per heavy atom. The monoisotopic (exact) mass is 261 g/mol. The van der Waals surface area contributed by atoms with Crippen molar-refractivity contribution in [2.45, 2.75) is 5.75 Å². The van der Waals surface area contributed by atoms with Gasteiger partial charge >= 0.3 is 0 Å². The summed E-state index contributed by atoms with van der Waals surface area (Å²) in [7, 11) is 1.60. The van der Waals surface area contributed by atoms with E-state index >= 15 is 0 Å². The van der Waals surface area contributed by atoms with Crippen LogP contribution in [0.2, 0.25) is 0 Å². The predicted molar refractivity (Wildman–Crippen MR) is 68.1 cm³/mol. The molecule has 0 N–H and O–H groups in total. The molecule has 18 heavy (non-hydrogen) atoms. The van der Waals surface area contributed by atoms with Crippen molar-refractivity contribution in [3.63, 3.8) is 0 Å². The lowest BCUT2D eigenvalue weighted by atomic mass is 10.2. The molecule has 92 valence electrons. The smallest absolute Gasteiger partial charge is 0.236 e. The Morgan fingerprint density at radius 1 is 1.44 bits per heavy atom. The van der Waals surface area contributed by atoms with Gasteiger partial charge in [-0.25, -0.2) is 0 Å². The van der Waals surface area contributed by atoms with E-state index in [4.69, 9.17) is 14.5 Å². The summed E-state index contributed by atoms with van der Waals surface area (Å²) >= 11 is 1.44. The van der Waals surface area contributed by atoms with Crippen molar-refractivity contribution in [2.24, 2.45) is 0 Å². The van der Waals surface area contributed by atoms with E-state index in [1.807, 2.05) is 30.3 Å². The minimum Gasteiger partial charge on any atom is -0.496 e. The zero-order chi connectivity index (χ0) is 12.8. The molecule has 0 saturated carbocycles. The van der Waals surface area contributed by atoms with Crippen LogP contribution in [-0.4, -0.2) is 23.0 Å². The van der Waals surface area contributed by atoms with Gasteiger partial charge in [-0.05, 0) is 12.1 Å². The first-order chi connectivity index (χ1) is 8.85. The summed E-state index contributed by atoms with van der Waals surface area (Å²) in [5.41, 5.74) is 0.792. The van der Waals surface area contributed by atoms with Crippen molar-refractivity contribution in [1.29, 1.82) is 5.26 Å². The van der Waals surface area contributed by atoms with Crippen LogP contribution in [0.5, 0.6) is 5.75 Å². The molecule has 1 aromatic heterocycles. The minimum atomic E-state index is 0.409. The maximum Gasteiger partial charge on any atom is 0.236 e. The van der Waals surface area contributed by atoms with Gasteiger partial charge in [-0.1, -0.05) is 17.3 Å².